The molecule has 2 atom stereocenters. The van der Waals surface area contributed by atoms with Gasteiger partial charge in [-0.3, -0.25) is 9.59 Å². The number of nitrogens with one attached hydrogen (secondary N) is 2. The van der Waals surface area contributed by atoms with Crippen LogP contribution in [0.3, 0.4) is 0 Å². The van der Waals surface area contributed by atoms with Crippen LogP contribution in [0.25, 0.3) is 0 Å². The molecule has 0 radical (unpaired) electrons. The van der Waals surface area contributed by atoms with Gasteiger partial charge in [0.15, 0.2) is 0 Å². The Bertz CT molecular complexity index is 1050. The quantitative estimate of drug-likeness (QED) is 0.376. The standard InChI is InChI=1S/C22H19Cl4F3N2O2/c23-9-15(11-1-3-18(26)19(27)5-11)16(10-24)21(33)30-12-2-4-17(25)14(6-12)20(32)31-13-7-22(28,29)8-13/h1-6,13,15-16H,7-10H2,(H,30,33)(H,31,32). The van der Waals surface area contributed by atoms with E-state index in [4.69, 9.17) is 46.4 Å². The van der Waals surface area contributed by atoms with Crippen LogP contribution in [-0.4, -0.2) is 35.5 Å². The molecule has 2 unspecified atom stereocenters. The fourth-order valence-corrected chi connectivity index (χ4v) is 4.64. The highest BCUT2D eigenvalue weighted by Crippen LogP contribution is 2.37. The van der Waals surface area contributed by atoms with Crippen LogP contribution >= 0.6 is 46.4 Å². The average Bonchev–Trinajstić information content (AvgIpc) is 2.73. The van der Waals surface area contributed by atoms with Crippen molar-refractivity contribution in [3.8, 4) is 0 Å². The minimum Gasteiger partial charge on any atom is -0.349 e. The molecule has 0 aromatic heterocycles. The van der Waals surface area contributed by atoms with Gasteiger partial charge in [-0.2, -0.15) is 0 Å². The van der Waals surface area contributed by atoms with E-state index in [1.54, 1.807) is 6.07 Å². The lowest BCUT2D eigenvalue weighted by molar-refractivity contribution is -0.119. The number of hydrogen-bond donors (Lipinski definition) is 2. The predicted molar refractivity (Wildman–Crippen MR) is 125 cm³/mol. The fourth-order valence-electron chi connectivity index (χ4n) is 3.57. The van der Waals surface area contributed by atoms with Gasteiger partial charge in [0.1, 0.15) is 5.82 Å². The highest BCUT2D eigenvalue weighted by molar-refractivity contribution is 6.34. The summed E-state index contributed by atoms with van der Waals surface area (Å²) >= 11 is 23.9. The lowest BCUT2D eigenvalue weighted by Crippen LogP contribution is -2.50. The number of hydrogen-bond acceptors (Lipinski definition) is 2. The summed E-state index contributed by atoms with van der Waals surface area (Å²) in [6, 6.07) is 7.73. The second-order valence-electron chi connectivity index (χ2n) is 7.81. The summed E-state index contributed by atoms with van der Waals surface area (Å²) in [7, 11) is 0. The molecule has 2 aromatic rings. The summed E-state index contributed by atoms with van der Waals surface area (Å²) in [5.41, 5.74) is 0.737. The average molecular weight is 542 g/mol. The maximum Gasteiger partial charge on any atom is 0.253 e. The molecule has 0 aliphatic heterocycles. The molecule has 2 amide bonds. The van der Waals surface area contributed by atoms with Gasteiger partial charge in [-0.25, -0.2) is 13.2 Å². The Morgan fingerprint density at radius 1 is 1.03 bits per heavy atom. The number of carbonyl (C=O) groups excluding carboxylic acids is 2. The van der Waals surface area contributed by atoms with Gasteiger partial charge in [0, 0.05) is 42.2 Å². The van der Waals surface area contributed by atoms with Crippen LogP contribution in [-0.2, 0) is 4.79 Å². The lowest BCUT2D eigenvalue weighted by Gasteiger charge is -2.35. The third-order valence-corrected chi connectivity index (χ3v) is 6.73. The van der Waals surface area contributed by atoms with Crippen molar-refractivity contribution >= 4 is 63.9 Å². The monoisotopic (exact) mass is 540 g/mol. The van der Waals surface area contributed by atoms with Crippen LogP contribution in [0.4, 0.5) is 18.9 Å². The zero-order valence-corrected chi connectivity index (χ0v) is 20.0. The summed E-state index contributed by atoms with van der Waals surface area (Å²) < 4.78 is 40.0. The van der Waals surface area contributed by atoms with Crippen molar-refractivity contribution < 1.29 is 22.8 Å². The van der Waals surface area contributed by atoms with E-state index in [2.05, 4.69) is 10.6 Å². The first-order valence-corrected chi connectivity index (χ1v) is 11.7. The zero-order valence-electron chi connectivity index (χ0n) is 17.0. The molecule has 0 bridgehead atoms. The van der Waals surface area contributed by atoms with Gasteiger partial charge in [0.25, 0.3) is 11.8 Å². The Morgan fingerprint density at radius 2 is 1.70 bits per heavy atom. The van der Waals surface area contributed by atoms with Crippen molar-refractivity contribution in [3.05, 3.63) is 63.4 Å². The Morgan fingerprint density at radius 3 is 2.27 bits per heavy atom. The second-order valence-corrected chi connectivity index (χ2v) is 9.25. The minimum absolute atomic E-state index is 0.00776. The second kappa shape index (κ2) is 10.7. The van der Waals surface area contributed by atoms with Crippen molar-refractivity contribution in [3.63, 3.8) is 0 Å². The van der Waals surface area contributed by atoms with Crippen LogP contribution in [0.1, 0.15) is 34.7 Å². The number of alkyl halides is 4. The number of rotatable bonds is 8. The summed E-state index contributed by atoms with van der Waals surface area (Å²) in [6.45, 7) is 0. The van der Waals surface area contributed by atoms with Gasteiger partial charge >= 0.3 is 0 Å². The van der Waals surface area contributed by atoms with Crippen molar-refractivity contribution in [2.75, 3.05) is 17.1 Å². The van der Waals surface area contributed by atoms with Gasteiger partial charge in [-0.05, 0) is 35.9 Å². The predicted octanol–water partition coefficient (Wildman–Crippen LogP) is 6.48. The van der Waals surface area contributed by atoms with Crippen molar-refractivity contribution in [2.45, 2.75) is 30.7 Å². The van der Waals surface area contributed by atoms with Crippen molar-refractivity contribution in [1.29, 1.82) is 0 Å². The largest absolute Gasteiger partial charge is 0.349 e. The molecule has 4 nitrogen and oxygen atoms in total. The van der Waals surface area contributed by atoms with Crippen LogP contribution in [0.2, 0.25) is 10.0 Å². The van der Waals surface area contributed by atoms with Crippen LogP contribution < -0.4 is 10.6 Å². The molecule has 11 heteroatoms. The molecule has 2 N–H and O–H groups in total. The molecule has 2 aromatic carbocycles. The molecule has 3 rings (SSSR count). The van der Waals surface area contributed by atoms with Gasteiger partial charge in [0.2, 0.25) is 5.91 Å². The smallest absolute Gasteiger partial charge is 0.253 e. The molecule has 33 heavy (non-hydrogen) atoms. The lowest BCUT2D eigenvalue weighted by atomic mass is 9.87. The van der Waals surface area contributed by atoms with Crippen LogP contribution in [0, 0.1) is 11.7 Å². The highest BCUT2D eigenvalue weighted by atomic mass is 35.5. The molecule has 178 valence electrons. The summed E-state index contributed by atoms with van der Waals surface area (Å²) in [6.07, 6.45) is -0.870. The number of halogens is 7. The summed E-state index contributed by atoms with van der Waals surface area (Å²) in [4.78, 5) is 25.4. The SMILES string of the molecule is O=C(NC1CC(F)(F)C1)c1cc(NC(=O)C(CCl)C(CCl)c2ccc(Cl)c(F)c2)ccc1Cl. The van der Waals surface area contributed by atoms with E-state index in [1.165, 1.54) is 30.3 Å². The van der Waals surface area contributed by atoms with E-state index in [-0.39, 0.29) is 33.1 Å². The topological polar surface area (TPSA) is 58.2 Å². The van der Waals surface area contributed by atoms with Crippen LogP contribution in [0.15, 0.2) is 36.4 Å². The number of carbonyl (C=O) groups is 2. The van der Waals surface area contributed by atoms with E-state index in [0.717, 1.165) is 0 Å². The summed E-state index contributed by atoms with van der Waals surface area (Å²) in [5, 5.41) is 5.20. The number of amides is 2. The molecule has 0 spiro atoms. The molecule has 1 saturated carbocycles. The Labute approximate surface area is 208 Å². The first kappa shape index (κ1) is 25.9. The van der Waals surface area contributed by atoms with Gasteiger partial charge in [-0.15, -0.1) is 23.2 Å². The van der Waals surface area contributed by atoms with Gasteiger partial charge in [0.05, 0.1) is 21.5 Å². The fraction of sp³-hybridized carbons (Fsp3) is 0.364. The molecule has 1 aliphatic rings. The van der Waals surface area contributed by atoms with E-state index < -0.39 is 54.3 Å². The Kier molecular flexibility index (Phi) is 8.43. The summed E-state index contributed by atoms with van der Waals surface area (Å²) in [5.74, 6) is -6.09. The Hall–Kier alpha value is -1.67. The van der Waals surface area contributed by atoms with Crippen LogP contribution in [0.5, 0.6) is 0 Å². The minimum atomic E-state index is -2.78. The maximum absolute atomic E-state index is 13.9. The third kappa shape index (κ3) is 6.27. The van der Waals surface area contributed by atoms with Crippen molar-refractivity contribution in [2.24, 2.45) is 5.92 Å². The molecular formula is C22H19Cl4F3N2O2. The van der Waals surface area contributed by atoms with Gasteiger partial charge < -0.3 is 10.6 Å². The molecular weight excluding hydrogens is 523 g/mol. The molecule has 0 saturated heterocycles. The van der Waals surface area contributed by atoms with E-state index in [9.17, 15) is 22.8 Å². The first-order valence-electron chi connectivity index (χ1n) is 9.90. The number of anilines is 1. The Balaban J connectivity index is 1.74. The maximum atomic E-state index is 13.9. The zero-order chi connectivity index (χ0) is 24.3. The van der Waals surface area contributed by atoms with E-state index in [0.29, 0.717) is 5.56 Å². The molecule has 1 fully saturated rings. The number of benzene rings is 2. The van der Waals surface area contributed by atoms with E-state index in [1.807, 2.05) is 0 Å². The van der Waals surface area contributed by atoms with E-state index >= 15 is 0 Å². The van der Waals surface area contributed by atoms with Crippen molar-refractivity contribution in [1.82, 2.24) is 5.32 Å². The molecule has 1 aliphatic carbocycles. The van der Waals surface area contributed by atoms with Gasteiger partial charge in [-0.1, -0.05) is 29.3 Å². The molecule has 0 heterocycles. The first-order chi connectivity index (χ1) is 15.5. The third-order valence-electron chi connectivity index (χ3n) is 5.43. The normalized spacial score (nSPS) is 17.1. The highest BCUT2D eigenvalue weighted by Gasteiger charge is 2.46.